The largest absolute Gasteiger partial charge is 0.352 e. The first-order chi connectivity index (χ1) is 7.99. The van der Waals surface area contributed by atoms with Crippen molar-refractivity contribution in [1.82, 2.24) is 5.32 Å². The molecule has 0 saturated carbocycles. The molecule has 1 rings (SSSR count). The lowest BCUT2D eigenvalue weighted by Gasteiger charge is -2.04. The maximum atomic E-state index is 11.5. The summed E-state index contributed by atoms with van der Waals surface area (Å²) in [4.78, 5) is 11.5. The smallest absolute Gasteiger partial charge is 0.244 e. The molecule has 0 atom stereocenters. The Balaban J connectivity index is 2.61. The lowest BCUT2D eigenvalue weighted by molar-refractivity contribution is -0.116. The second-order valence-electron chi connectivity index (χ2n) is 4.50. The van der Waals surface area contributed by atoms with Gasteiger partial charge >= 0.3 is 0 Å². The molecule has 0 aromatic heterocycles. The molecular formula is C14H18BrNO. The number of carbonyl (C=O) groups is 1. The van der Waals surface area contributed by atoms with Crippen LogP contribution in [0.5, 0.6) is 0 Å². The third kappa shape index (κ3) is 5.18. The predicted octanol–water partition coefficient (Wildman–Crippen LogP) is 3.54. The van der Waals surface area contributed by atoms with Crippen molar-refractivity contribution < 1.29 is 4.79 Å². The summed E-state index contributed by atoms with van der Waals surface area (Å²) in [6, 6.07) is 6.05. The fourth-order valence-electron chi connectivity index (χ4n) is 1.30. The van der Waals surface area contributed by atoms with Crippen LogP contribution in [0.15, 0.2) is 28.7 Å². The van der Waals surface area contributed by atoms with Crippen molar-refractivity contribution in [2.24, 2.45) is 5.92 Å². The van der Waals surface area contributed by atoms with Gasteiger partial charge in [0, 0.05) is 17.1 Å². The summed E-state index contributed by atoms with van der Waals surface area (Å²) in [7, 11) is 0. The number of nitrogens with one attached hydrogen (secondary N) is 1. The highest BCUT2D eigenvalue weighted by Gasteiger charge is 1.99. The summed E-state index contributed by atoms with van der Waals surface area (Å²) in [6.45, 7) is 6.88. The molecule has 0 spiro atoms. The van der Waals surface area contributed by atoms with Gasteiger partial charge in [-0.05, 0) is 36.1 Å². The van der Waals surface area contributed by atoms with E-state index in [-0.39, 0.29) is 5.91 Å². The van der Waals surface area contributed by atoms with Gasteiger partial charge in [-0.1, -0.05) is 41.9 Å². The molecular weight excluding hydrogens is 278 g/mol. The summed E-state index contributed by atoms with van der Waals surface area (Å²) in [5.41, 5.74) is 2.20. The standard InChI is InChI=1S/C14H18BrNO/c1-10(2)9-16-14(17)7-6-12-5-4-11(3)8-13(12)15/h4-8,10H,9H2,1-3H3,(H,16,17). The van der Waals surface area contributed by atoms with E-state index < -0.39 is 0 Å². The molecule has 17 heavy (non-hydrogen) atoms. The second-order valence-corrected chi connectivity index (χ2v) is 5.35. The van der Waals surface area contributed by atoms with E-state index in [0.29, 0.717) is 12.5 Å². The van der Waals surface area contributed by atoms with Gasteiger partial charge in [0.15, 0.2) is 0 Å². The first-order valence-electron chi connectivity index (χ1n) is 5.71. The van der Waals surface area contributed by atoms with E-state index in [1.54, 1.807) is 6.08 Å². The fraction of sp³-hybridized carbons (Fsp3) is 0.357. The number of carbonyl (C=O) groups excluding carboxylic acids is 1. The number of rotatable bonds is 4. The van der Waals surface area contributed by atoms with Crippen LogP contribution >= 0.6 is 15.9 Å². The highest BCUT2D eigenvalue weighted by atomic mass is 79.9. The highest BCUT2D eigenvalue weighted by Crippen LogP contribution is 2.19. The topological polar surface area (TPSA) is 29.1 Å². The predicted molar refractivity (Wildman–Crippen MR) is 75.8 cm³/mol. The molecule has 1 amide bonds. The van der Waals surface area contributed by atoms with Gasteiger partial charge < -0.3 is 5.32 Å². The summed E-state index contributed by atoms with van der Waals surface area (Å²) in [5, 5.41) is 2.84. The molecule has 0 fully saturated rings. The molecule has 0 aliphatic carbocycles. The Hall–Kier alpha value is -1.09. The van der Waals surface area contributed by atoms with Gasteiger partial charge in [0.25, 0.3) is 0 Å². The minimum absolute atomic E-state index is 0.0498. The van der Waals surface area contributed by atoms with E-state index in [0.717, 1.165) is 10.0 Å². The quantitative estimate of drug-likeness (QED) is 0.846. The van der Waals surface area contributed by atoms with Gasteiger partial charge in [-0.2, -0.15) is 0 Å². The van der Waals surface area contributed by atoms with Crippen molar-refractivity contribution in [3.05, 3.63) is 39.9 Å². The van der Waals surface area contributed by atoms with Crippen molar-refractivity contribution >= 4 is 27.9 Å². The lowest BCUT2D eigenvalue weighted by Crippen LogP contribution is -2.25. The zero-order valence-electron chi connectivity index (χ0n) is 10.5. The molecule has 0 aliphatic rings. The van der Waals surface area contributed by atoms with Crippen LogP contribution < -0.4 is 5.32 Å². The van der Waals surface area contributed by atoms with Gasteiger partial charge in [-0.25, -0.2) is 0 Å². The van der Waals surface area contributed by atoms with Gasteiger partial charge in [0.2, 0.25) is 5.91 Å². The van der Waals surface area contributed by atoms with Crippen LogP contribution in [-0.2, 0) is 4.79 Å². The molecule has 0 saturated heterocycles. The van der Waals surface area contributed by atoms with Gasteiger partial charge in [-0.15, -0.1) is 0 Å². The summed E-state index contributed by atoms with van der Waals surface area (Å²) < 4.78 is 1.01. The van der Waals surface area contributed by atoms with Gasteiger partial charge in [0.05, 0.1) is 0 Å². The number of hydrogen-bond acceptors (Lipinski definition) is 1. The molecule has 3 heteroatoms. The van der Waals surface area contributed by atoms with Crippen LogP contribution in [0.3, 0.4) is 0 Å². The molecule has 0 bridgehead atoms. The Morgan fingerprint density at radius 3 is 2.76 bits per heavy atom. The van der Waals surface area contributed by atoms with Crippen LogP contribution in [-0.4, -0.2) is 12.5 Å². The zero-order valence-corrected chi connectivity index (χ0v) is 12.0. The third-order valence-corrected chi connectivity index (χ3v) is 2.94. The molecule has 2 nitrogen and oxygen atoms in total. The van der Waals surface area contributed by atoms with Crippen LogP contribution in [0.2, 0.25) is 0 Å². The van der Waals surface area contributed by atoms with Crippen molar-refractivity contribution in [3.63, 3.8) is 0 Å². The van der Waals surface area contributed by atoms with Crippen LogP contribution in [0.25, 0.3) is 6.08 Å². The monoisotopic (exact) mass is 295 g/mol. The van der Waals surface area contributed by atoms with Crippen molar-refractivity contribution in [2.75, 3.05) is 6.54 Å². The van der Waals surface area contributed by atoms with Crippen molar-refractivity contribution in [1.29, 1.82) is 0 Å². The molecule has 0 unspecified atom stereocenters. The third-order valence-electron chi connectivity index (χ3n) is 2.25. The van der Waals surface area contributed by atoms with Crippen LogP contribution in [0.1, 0.15) is 25.0 Å². The molecule has 92 valence electrons. The first-order valence-corrected chi connectivity index (χ1v) is 6.50. The SMILES string of the molecule is Cc1ccc(C=CC(=O)NCC(C)C)c(Br)c1. The molecule has 1 N–H and O–H groups in total. The van der Waals surface area contributed by atoms with Crippen molar-refractivity contribution in [2.45, 2.75) is 20.8 Å². The van der Waals surface area contributed by atoms with E-state index in [1.165, 1.54) is 5.56 Å². The maximum Gasteiger partial charge on any atom is 0.244 e. The van der Waals surface area contributed by atoms with Crippen LogP contribution in [0.4, 0.5) is 0 Å². The highest BCUT2D eigenvalue weighted by molar-refractivity contribution is 9.10. The van der Waals surface area contributed by atoms with Crippen LogP contribution in [0, 0.1) is 12.8 Å². The number of aryl methyl sites for hydroxylation is 1. The maximum absolute atomic E-state index is 11.5. The molecule has 1 aromatic rings. The Morgan fingerprint density at radius 2 is 2.18 bits per heavy atom. The summed E-state index contributed by atoms with van der Waals surface area (Å²) in [6.07, 6.45) is 3.39. The Morgan fingerprint density at radius 1 is 1.47 bits per heavy atom. The second kappa shape index (κ2) is 6.60. The number of amides is 1. The van der Waals surface area contributed by atoms with Gasteiger partial charge in [0.1, 0.15) is 0 Å². The number of benzene rings is 1. The van der Waals surface area contributed by atoms with E-state index in [2.05, 4.69) is 35.1 Å². The lowest BCUT2D eigenvalue weighted by atomic mass is 10.1. The normalized spacial score (nSPS) is 11.1. The molecule has 0 aliphatic heterocycles. The minimum atomic E-state index is -0.0498. The fourth-order valence-corrected chi connectivity index (χ4v) is 1.92. The average Bonchev–Trinajstić information content (AvgIpc) is 2.25. The Bertz CT molecular complexity index is 424. The average molecular weight is 296 g/mol. The summed E-state index contributed by atoms with van der Waals surface area (Å²) >= 11 is 3.48. The molecule has 1 aromatic carbocycles. The number of hydrogen-bond donors (Lipinski definition) is 1. The molecule has 0 heterocycles. The van der Waals surface area contributed by atoms with Crippen molar-refractivity contribution in [3.8, 4) is 0 Å². The van der Waals surface area contributed by atoms with E-state index in [4.69, 9.17) is 0 Å². The van der Waals surface area contributed by atoms with E-state index in [9.17, 15) is 4.79 Å². The number of halogens is 1. The van der Waals surface area contributed by atoms with Gasteiger partial charge in [-0.3, -0.25) is 4.79 Å². The molecule has 0 radical (unpaired) electrons. The Labute approximate surface area is 111 Å². The Kier molecular flexibility index (Phi) is 5.42. The summed E-state index contributed by atoms with van der Waals surface area (Å²) in [5.74, 6) is 0.421. The minimum Gasteiger partial charge on any atom is -0.352 e. The first kappa shape index (κ1) is 14.0. The van der Waals surface area contributed by atoms with E-state index >= 15 is 0 Å². The van der Waals surface area contributed by atoms with E-state index in [1.807, 2.05) is 31.2 Å². The zero-order chi connectivity index (χ0) is 12.8.